The van der Waals surface area contributed by atoms with Gasteiger partial charge in [-0.05, 0) is 36.1 Å². The summed E-state index contributed by atoms with van der Waals surface area (Å²) in [5.41, 5.74) is 3.35. The van der Waals surface area contributed by atoms with Crippen LogP contribution in [-0.2, 0) is 0 Å². The van der Waals surface area contributed by atoms with Gasteiger partial charge >= 0.3 is 0 Å². The number of para-hydroxylation sites is 1. The van der Waals surface area contributed by atoms with Crippen LogP contribution in [0.2, 0.25) is 0 Å². The van der Waals surface area contributed by atoms with Crippen LogP contribution in [0.15, 0.2) is 84.9 Å². The molecule has 4 atom stereocenters. The minimum Gasteiger partial charge on any atom is -0.485 e. The summed E-state index contributed by atoms with van der Waals surface area (Å²) in [7, 11) is 0. The summed E-state index contributed by atoms with van der Waals surface area (Å²) >= 11 is 0. The van der Waals surface area contributed by atoms with E-state index in [4.69, 9.17) is 4.74 Å². The van der Waals surface area contributed by atoms with Crippen molar-refractivity contribution in [2.45, 2.75) is 43.9 Å². The quantitative estimate of drug-likeness (QED) is 0.595. The van der Waals surface area contributed by atoms with Crippen molar-refractivity contribution in [1.29, 1.82) is 0 Å². The van der Waals surface area contributed by atoms with Gasteiger partial charge < -0.3 is 15.2 Å². The van der Waals surface area contributed by atoms with Crippen LogP contribution >= 0.6 is 0 Å². The molecule has 0 fully saturated rings. The predicted octanol–water partition coefficient (Wildman–Crippen LogP) is 5.40. The second-order valence-electron chi connectivity index (χ2n) is 7.90. The van der Waals surface area contributed by atoms with Crippen molar-refractivity contribution < 1.29 is 9.84 Å². The van der Waals surface area contributed by atoms with E-state index in [0.29, 0.717) is 5.92 Å². The third kappa shape index (κ3) is 4.69. The van der Waals surface area contributed by atoms with E-state index in [0.717, 1.165) is 36.3 Å². The Morgan fingerprint density at radius 1 is 0.931 bits per heavy atom. The highest BCUT2D eigenvalue weighted by atomic mass is 16.5. The minimum atomic E-state index is -0.591. The number of hydrogen-bond acceptors (Lipinski definition) is 3. The molecule has 3 nitrogen and oxygen atoms in total. The average Bonchev–Trinajstić information content (AvgIpc) is 2.92. The summed E-state index contributed by atoms with van der Waals surface area (Å²) < 4.78 is 6.34. The lowest BCUT2D eigenvalue weighted by Gasteiger charge is -2.25. The molecule has 0 bridgehead atoms. The van der Waals surface area contributed by atoms with Gasteiger partial charge in [-0.1, -0.05) is 85.8 Å². The Morgan fingerprint density at radius 2 is 1.59 bits per heavy atom. The van der Waals surface area contributed by atoms with Crippen LogP contribution in [0.1, 0.15) is 54.6 Å². The van der Waals surface area contributed by atoms with Crippen LogP contribution in [0.5, 0.6) is 5.75 Å². The predicted molar refractivity (Wildman–Crippen MR) is 117 cm³/mol. The molecule has 0 saturated heterocycles. The highest BCUT2D eigenvalue weighted by Gasteiger charge is 2.32. The van der Waals surface area contributed by atoms with Crippen molar-refractivity contribution >= 4 is 0 Å². The highest BCUT2D eigenvalue weighted by Crippen LogP contribution is 2.38. The van der Waals surface area contributed by atoms with Crippen LogP contribution in [0.4, 0.5) is 0 Å². The molecule has 29 heavy (non-hydrogen) atoms. The third-order valence-electron chi connectivity index (χ3n) is 5.88. The van der Waals surface area contributed by atoms with Gasteiger partial charge in [-0.15, -0.1) is 0 Å². The SMILES string of the molecule is CC(CCNC1CC(c2ccccc2)Oc2ccccc2C1O)c1ccccc1. The first-order valence-electron chi connectivity index (χ1n) is 10.5. The second kappa shape index (κ2) is 9.25. The van der Waals surface area contributed by atoms with Crippen molar-refractivity contribution in [2.75, 3.05) is 6.54 Å². The van der Waals surface area contributed by atoms with E-state index in [1.165, 1.54) is 5.56 Å². The van der Waals surface area contributed by atoms with E-state index in [2.05, 4.69) is 54.7 Å². The summed E-state index contributed by atoms with van der Waals surface area (Å²) in [6.45, 7) is 3.10. The lowest BCUT2D eigenvalue weighted by Crippen LogP contribution is -2.36. The standard InChI is InChI=1S/C26H29NO2/c1-19(20-10-4-2-5-11-20)16-17-27-23-18-25(21-12-6-3-7-13-21)29-24-15-9-8-14-22(24)26(23)28/h2-15,19,23,25-28H,16-18H2,1H3. The molecule has 4 unspecified atom stereocenters. The molecule has 3 aromatic rings. The Kier molecular flexibility index (Phi) is 6.28. The fraction of sp³-hybridized carbons (Fsp3) is 0.308. The number of hydrogen-bond donors (Lipinski definition) is 2. The normalized spacial score (nSPS) is 22.2. The van der Waals surface area contributed by atoms with E-state index in [1.54, 1.807) is 0 Å². The maximum Gasteiger partial charge on any atom is 0.126 e. The van der Waals surface area contributed by atoms with Gasteiger partial charge in [0.05, 0.1) is 6.10 Å². The van der Waals surface area contributed by atoms with Crippen LogP contribution in [0.3, 0.4) is 0 Å². The van der Waals surface area contributed by atoms with Crippen LogP contribution < -0.4 is 10.1 Å². The smallest absolute Gasteiger partial charge is 0.126 e. The molecule has 3 heteroatoms. The van der Waals surface area contributed by atoms with E-state index in [-0.39, 0.29) is 12.1 Å². The van der Waals surface area contributed by atoms with Gasteiger partial charge in [-0.2, -0.15) is 0 Å². The number of aliphatic hydroxyl groups excluding tert-OH is 1. The third-order valence-corrected chi connectivity index (χ3v) is 5.88. The molecule has 2 N–H and O–H groups in total. The van der Waals surface area contributed by atoms with Crippen LogP contribution in [0, 0.1) is 0 Å². The molecule has 150 valence electrons. The number of fused-ring (bicyclic) bond motifs is 1. The summed E-state index contributed by atoms with van der Waals surface area (Å²) in [6.07, 6.45) is 1.07. The Morgan fingerprint density at radius 3 is 2.34 bits per heavy atom. The number of ether oxygens (including phenoxy) is 1. The molecular weight excluding hydrogens is 358 g/mol. The van der Waals surface area contributed by atoms with Crippen molar-refractivity contribution in [3.8, 4) is 5.75 Å². The highest BCUT2D eigenvalue weighted by molar-refractivity contribution is 5.38. The van der Waals surface area contributed by atoms with Crippen molar-refractivity contribution in [3.05, 3.63) is 102 Å². The van der Waals surface area contributed by atoms with Crippen molar-refractivity contribution in [2.24, 2.45) is 0 Å². The van der Waals surface area contributed by atoms with Crippen molar-refractivity contribution in [3.63, 3.8) is 0 Å². The number of aliphatic hydroxyl groups is 1. The largest absolute Gasteiger partial charge is 0.485 e. The molecular formula is C26H29NO2. The van der Waals surface area contributed by atoms with E-state index in [1.807, 2.05) is 42.5 Å². The van der Waals surface area contributed by atoms with Gasteiger partial charge in [0.15, 0.2) is 0 Å². The summed E-state index contributed by atoms with van der Waals surface area (Å²) in [5, 5.41) is 14.7. The van der Waals surface area contributed by atoms with Gasteiger partial charge in [0.25, 0.3) is 0 Å². The maximum absolute atomic E-state index is 11.1. The monoisotopic (exact) mass is 387 g/mol. The molecule has 1 aliphatic heterocycles. The minimum absolute atomic E-state index is 0.0631. The maximum atomic E-state index is 11.1. The lowest BCUT2D eigenvalue weighted by atomic mass is 9.94. The molecule has 0 radical (unpaired) electrons. The number of benzene rings is 3. The zero-order valence-corrected chi connectivity index (χ0v) is 16.9. The van der Waals surface area contributed by atoms with Crippen molar-refractivity contribution in [1.82, 2.24) is 5.32 Å². The van der Waals surface area contributed by atoms with Crippen LogP contribution in [-0.4, -0.2) is 17.7 Å². The molecule has 3 aromatic carbocycles. The number of rotatable bonds is 6. The Bertz CT molecular complexity index is 897. The summed E-state index contributed by atoms with van der Waals surface area (Å²) in [6, 6.07) is 28.7. The molecule has 0 amide bonds. The lowest BCUT2D eigenvalue weighted by molar-refractivity contribution is 0.111. The molecule has 0 aromatic heterocycles. The molecule has 0 aliphatic carbocycles. The zero-order valence-electron chi connectivity index (χ0n) is 16.9. The van der Waals surface area contributed by atoms with Crippen LogP contribution in [0.25, 0.3) is 0 Å². The second-order valence-corrected chi connectivity index (χ2v) is 7.90. The molecule has 0 spiro atoms. The number of nitrogens with one attached hydrogen (secondary N) is 1. The first kappa shape index (κ1) is 19.7. The first-order valence-corrected chi connectivity index (χ1v) is 10.5. The zero-order chi connectivity index (χ0) is 20.1. The molecule has 1 aliphatic rings. The fourth-order valence-electron chi connectivity index (χ4n) is 4.11. The molecule has 1 heterocycles. The van der Waals surface area contributed by atoms with Gasteiger partial charge in [-0.3, -0.25) is 0 Å². The van der Waals surface area contributed by atoms with E-state index < -0.39 is 6.10 Å². The topological polar surface area (TPSA) is 41.5 Å². The molecule has 0 saturated carbocycles. The van der Waals surface area contributed by atoms with E-state index in [9.17, 15) is 5.11 Å². The summed E-state index contributed by atoms with van der Waals surface area (Å²) in [4.78, 5) is 0. The average molecular weight is 388 g/mol. The fourth-order valence-corrected chi connectivity index (χ4v) is 4.11. The van der Waals surface area contributed by atoms with Gasteiger partial charge in [-0.25, -0.2) is 0 Å². The Labute approximate surface area is 173 Å². The van der Waals surface area contributed by atoms with Gasteiger partial charge in [0.2, 0.25) is 0 Å². The van der Waals surface area contributed by atoms with Gasteiger partial charge in [0, 0.05) is 18.0 Å². The van der Waals surface area contributed by atoms with E-state index >= 15 is 0 Å². The van der Waals surface area contributed by atoms with Gasteiger partial charge in [0.1, 0.15) is 11.9 Å². The summed E-state index contributed by atoms with van der Waals surface area (Å²) in [5.74, 6) is 1.25. The first-order chi connectivity index (χ1) is 14.2. The Balaban J connectivity index is 1.49. The Hall–Kier alpha value is -2.62. The molecule has 4 rings (SSSR count).